The van der Waals surface area contributed by atoms with Crippen molar-refractivity contribution < 1.29 is 4.57 Å². The van der Waals surface area contributed by atoms with Gasteiger partial charge in [0.2, 0.25) is 0 Å². The fourth-order valence-corrected chi connectivity index (χ4v) is 54.7. The van der Waals surface area contributed by atoms with E-state index in [4.69, 9.17) is 0 Å². The summed E-state index contributed by atoms with van der Waals surface area (Å²) >= 11 is 0. The summed E-state index contributed by atoms with van der Waals surface area (Å²) < 4.78 is 14.4. The second kappa shape index (κ2) is 5.21. The van der Waals surface area contributed by atoms with Crippen molar-refractivity contribution in [3.05, 3.63) is 21.2 Å². The van der Waals surface area contributed by atoms with Crippen LogP contribution in [0.2, 0.25) is 0 Å². The van der Waals surface area contributed by atoms with Crippen LogP contribution >= 0.6 is 27.6 Å². The predicted molar refractivity (Wildman–Crippen MR) is 121 cm³/mol. The highest BCUT2D eigenvalue weighted by atomic mass is 32.9. The molecule has 0 aromatic carbocycles. The lowest BCUT2D eigenvalue weighted by Gasteiger charge is -2.63. The van der Waals surface area contributed by atoms with Crippen molar-refractivity contribution in [2.24, 2.45) is 10.8 Å². The summed E-state index contributed by atoms with van der Waals surface area (Å²) in [5.74, 6) is 0. The highest BCUT2D eigenvalue weighted by molar-refractivity contribution is 9.04. The number of hydrogen-bond acceptors (Lipinski definition) is 1. The van der Waals surface area contributed by atoms with E-state index in [1.165, 1.54) is 5.31 Å². The van der Waals surface area contributed by atoms with Crippen LogP contribution in [-0.2, 0) is 15.4 Å². The Hall–Kier alpha value is 0.740. The van der Waals surface area contributed by atoms with Gasteiger partial charge in [0.25, 0.3) is 0 Å². The first kappa shape index (κ1) is 20.5. The number of allylic oxidation sites excluding steroid dienone is 2. The van der Waals surface area contributed by atoms with Gasteiger partial charge in [-0.25, -0.2) is 0 Å². The van der Waals surface area contributed by atoms with E-state index in [1.54, 1.807) is 15.9 Å². The molecule has 0 radical (unpaired) electrons. The highest BCUT2D eigenvalue weighted by Crippen LogP contribution is 3.27. The van der Waals surface area contributed by atoms with Gasteiger partial charge in [-0.3, -0.25) is 0 Å². The monoisotopic (exact) mass is 416 g/mol. The summed E-state index contributed by atoms with van der Waals surface area (Å²) in [6.07, 6.45) is 0. The molecule has 1 aromatic heterocycles. The molecular weight excluding hydrogens is 380 g/mol. The fourth-order valence-electron chi connectivity index (χ4n) is 4.29. The second-order valence-corrected chi connectivity index (χ2v) is 30.8. The van der Waals surface area contributed by atoms with Crippen molar-refractivity contribution in [1.29, 1.82) is 0 Å². The molecule has 4 unspecified atom stereocenters. The topological polar surface area (TPSA) is 17.1 Å². The Bertz CT molecular complexity index is 820. The van der Waals surface area contributed by atoms with E-state index < -0.39 is 6.52 Å². The van der Waals surface area contributed by atoms with Crippen LogP contribution in [0.3, 0.4) is 0 Å². The van der Waals surface area contributed by atoms with Crippen molar-refractivity contribution in [2.45, 2.75) is 93.9 Å². The summed E-state index contributed by atoms with van der Waals surface area (Å²) in [5.41, 5.74) is 0.640. The van der Waals surface area contributed by atoms with Crippen LogP contribution in [0, 0.1) is 10.8 Å². The van der Waals surface area contributed by atoms with Crippen LogP contribution in [0.1, 0.15) is 93.7 Å². The Morgan fingerprint density at radius 2 is 1.08 bits per heavy atom. The van der Waals surface area contributed by atoms with E-state index in [2.05, 4.69) is 83.1 Å². The van der Waals surface area contributed by atoms with E-state index in [0.29, 0.717) is 0 Å². The standard InChI is InChI=1S/C20H36OP4/c1-17(2,3)13-14(18(4,5)6)23-22(13)24-15(19(7,8)9)16(20(10,11)12)25(23,24)21/h1-12H3. The molecule has 25 heavy (non-hydrogen) atoms. The minimum atomic E-state index is -2.10. The molecule has 1 nitrogen and oxygen atoms in total. The molecule has 2 aliphatic heterocycles. The predicted octanol–water partition coefficient (Wildman–Crippen LogP) is 9.87. The lowest BCUT2D eigenvalue weighted by Crippen LogP contribution is -2.30. The van der Waals surface area contributed by atoms with Gasteiger partial charge in [-0.1, -0.05) is 90.0 Å². The normalized spacial score (nSPS) is 28.4. The van der Waals surface area contributed by atoms with Gasteiger partial charge in [0.1, 0.15) is 0 Å². The lowest BCUT2D eigenvalue weighted by atomic mass is 9.86. The quantitative estimate of drug-likeness (QED) is 0.385. The molecule has 5 heteroatoms. The number of fused-ring (bicyclic) bond motifs is 4. The Kier molecular flexibility index (Phi) is 4.27. The Morgan fingerprint density at radius 3 is 1.40 bits per heavy atom. The Labute approximate surface area is 158 Å². The van der Waals surface area contributed by atoms with Gasteiger partial charge >= 0.3 is 0 Å². The number of hydrogen-bond donors (Lipinski definition) is 0. The Balaban J connectivity index is 2.30. The molecule has 0 fully saturated rings. The minimum absolute atomic E-state index is 0.0568. The summed E-state index contributed by atoms with van der Waals surface area (Å²) in [6, 6.07) is 0. The first-order chi connectivity index (χ1) is 10.9. The zero-order valence-electron chi connectivity index (χ0n) is 18.2. The molecule has 0 N–H and O–H groups in total. The van der Waals surface area contributed by atoms with E-state index in [9.17, 15) is 4.57 Å². The molecule has 0 aliphatic carbocycles. The average Bonchev–Trinajstić information content (AvgIpc) is 2.23. The summed E-state index contributed by atoms with van der Waals surface area (Å²) in [6.45, 7) is 25.6. The van der Waals surface area contributed by atoms with Crippen LogP contribution in [0.25, 0.3) is 0 Å². The molecule has 0 saturated heterocycles. The van der Waals surface area contributed by atoms with Crippen molar-refractivity contribution >= 4 is 27.6 Å². The molecular formula is C20H36OP4. The van der Waals surface area contributed by atoms with Crippen LogP contribution in [-0.4, -0.2) is 0 Å². The summed E-state index contributed by atoms with van der Waals surface area (Å²) in [7, 11) is -0.356. The lowest BCUT2D eigenvalue weighted by molar-refractivity contribution is 0.474. The van der Waals surface area contributed by atoms with E-state index in [-0.39, 0.29) is 42.8 Å². The molecule has 0 amide bonds. The van der Waals surface area contributed by atoms with Gasteiger partial charge in [0.05, 0.1) is 7.30 Å². The van der Waals surface area contributed by atoms with Gasteiger partial charge in [-0.2, -0.15) is 0 Å². The van der Waals surface area contributed by atoms with Crippen LogP contribution in [0.15, 0.2) is 10.6 Å². The van der Waals surface area contributed by atoms with Gasteiger partial charge in [-0.05, 0) is 44.5 Å². The van der Waals surface area contributed by atoms with Crippen molar-refractivity contribution in [1.82, 2.24) is 0 Å². The van der Waals surface area contributed by atoms with Gasteiger partial charge in [0, 0.05) is 5.31 Å². The first-order valence-corrected chi connectivity index (χ1v) is 17.9. The summed E-state index contributed by atoms with van der Waals surface area (Å²) in [5, 5.41) is 6.43. The van der Waals surface area contributed by atoms with Crippen molar-refractivity contribution in [3.8, 4) is 0 Å². The maximum Gasteiger partial charge on any atom is 0.189 e. The molecule has 0 bridgehead atoms. The third-order valence-corrected chi connectivity index (χ3v) is 41.8. The SMILES string of the molecule is CC(C)(C)C1=C(C(C)(C)C)P2(=O)P1p1c(C(C)(C)C)c(C(C)(C)C)p12. The maximum absolute atomic E-state index is 14.4. The zero-order chi connectivity index (χ0) is 19.5. The van der Waals surface area contributed by atoms with Gasteiger partial charge < -0.3 is 4.57 Å². The third kappa shape index (κ3) is 2.56. The molecule has 2 aliphatic rings. The van der Waals surface area contributed by atoms with Crippen LogP contribution in [0.5, 0.6) is 0 Å². The zero-order valence-corrected chi connectivity index (χ0v) is 21.8. The molecule has 3 rings (SSSR count). The fraction of sp³-hybridized carbons (Fsp3) is 0.800. The first-order valence-electron chi connectivity index (χ1n) is 9.38. The second-order valence-electron chi connectivity index (χ2n) is 11.8. The van der Waals surface area contributed by atoms with E-state index in [1.807, 2.05) is 0 Å². The van der Waals surface area contributed by atoms with Gasteiger partial charge in [-0.15, -0.1) is 0 Å². The van der Waals surface area contributed by atoms with Crippen molar-refractivity contribution in [3.63, 3.8) is 0 Å². The molecule has 1 aromatic rings. The molecule has 142 valence electrons. The minimum Gasteiger partial charge on any atom is -0.304 e. The van der Waals surface area contributed by atoms with E-state index in [0.717, 1.165) is 0 Å². The van der Waals surface area contributed by atoms with E-state index >= 15 is 0 Å². The Morgan fingerprint density at radius 1 is 0.640 bits per heavy atom. The smallest absolute Gasteiger partial charge is 0.189 e. The highest BCUT2D eigenvalue weighted by Gasteiger charge is 2.69. The van der Waals surface area contributed by atoms with Gasteiger partial charge in [0.15, 0.2) is 6.52 Å². The third-order valence-electron chi connectivity index (χ3n) is 5.05. The van der Waals surface area contributed by atoms with Crippen LogP contribution in [0.4, 0.5) is 0 Å². The number of rotatable bonds is 0. The van der Waals surface area contributed by atoms with Crippen LogP contribution < -0.4 is 0 Å². The maximum atomic E-state index is 14.4. The molecule has 3 heterocycles. The molecule has 0 spiro atoms. The average molecular weight is 416 g/mol. The largest absolute Gasteiger partial charge is 0.304 e. The summed E-state index contributed by atoms with van der Waals surface area (Å²) in [4.78, 5) is 0. The molecule has 4 atom stereocenters. The molecule has 0 saturated carbocycles. The van der Waals surface area contributed by atoms with Crippen molar-refractivity contribution in [2.75, 3.05) is 0 Å².